The monoisotopic (exact) mass is 266 g/mol. The molecular formula is C15H23ClN2. The summed E-state index contributed by atoms with van der Waals surface area (Å²) in [5.41, 5.74) is 7.32. The maximum absolute atomic E-state index is 6.24. The first-order valence-corrected chi connectivity index (χ1v) is 7.37. The summed E-state index contributed by atoms with van der Waals surface area (Å²) in [4.78, 5) is 2.55. The van der Waals surface area contributed by atoms with Crippen LogP contribution in [0.15, 0.2) is 24.3 Å². The van der Waals surface area contributed by atoms with Crippen molar-refractivity contribution in [2.75, 3.05) is 19.6 Å². The molecule has 1 saturated heterocycles. The van der Waals surface area contributed by atoms with Gasteiger partial charge >= 0.3 is 0 Å². The number of likely N-dealkylation sites (tertiary alicyclic amines) is 1. The van der Waals surface area contributed by atoms with Crippen LogP contribution in [0.3, 0.4) is 0 Å². The maximum atomic E-state index is 6.24. The lowest BCUT2D eigenvalue weighted by atomic mass is 10.0. The van der Waals surface area contributed by atoms with Crippen LogP contribution in [0.2, 0.25) is 5.02 Å². The summed E-state index contributed by atoms with van der Waals surface area (Å²) in [5.74, 6) is 0. The minimum atomic E-state index is 0.0574. The second-order valence-electron chi connectivity index (χ2n) is 5.17. The smallest absolute Gasteiger partial charge is 0.0453 e. The van der Waals surface area contributed by atoms with Gasteiger partial charge in [0.15, 0.2) is 0 Å². The van der Waals surface area contributed by atoms with Gasteiger partial charge in [-0.25, -0.2) is 0 Å². The van der Waals surface area contributed by atoms with Gasteiger partial charge in [0, 0.05) is 11.1 Å². The van der Waals surface area contributed by atoms with E-state index in [1.165, 1.54) is 38.8 Å². The third kappa shape index (κ3) is 3.98. The van der Waals surface area contributed by atoms with Crippen molar-refractivity contribution in [3.8, 4) is 0 Å². The maximum Gasteiger partial charge on any atom is 0.0453 e. The van der Waals surface area contributed by atoms with Gasteiger partial charge in [0.05, 0.1) is 0 Å². The Hall–Kier alpha value is -0.570. The molecule has 1 fully saturated rings. The van der Waals surface area contributed by atoms with Crippen LogP contribution in [0.4, 0.5) is 0 Å². The van der Waals surface area contributed by atoms with Crippen LogP contribution in [0.1, 0.15) is 43.7 Å². The lowest BCUT2D eigenvalue weighted by Gasteiger charge is -2.22. The van der Waals surface area contributed by atoms with Crippen LogP contribution in [-0.2, 0) is 0 Å². The first-order valence-electron chi connectivity index (χ1n) is 7.00. The molecule has 0 amide bonds. The molecule has 0 bridgehead atoms. The molecule has 1 atom stereocenters. The molecule has 2 rings (SSSR count). The summed E-state index contributed by atoms with van der Waals surface area (Å²) in [7, 11) is 0. The van der Waals surface area contributed by atoms with Gasteiger partial charge in [-0.2, -0.15) is 0 Å². The third-order valence-electron chi connectivity index (χ3n) is 3.76. The van der Waals surface area contributed by atoms with Crippen molar-refractivity contribution in [3.05, 3.63) is 34.9 Å². The number of nitrogens with zero attached hydrogens (tertiary/aromatic N) is 1. The van der Waals surface area contributed by atoms with Crippen molar-refractivity contribution in [2.24, 2.45) is 5.73 Å². The van der Waals surface area contributed by atoms with Crippen molar-refractivity contribution >= 4 is 11.6 Å². The number of rotatable bonds is 4. The van der Waals surface area contributed by atoms with Crippen LogP contribution in [0.25, 0.3) is 0 Å². The van der Waals surface area contributed by atoms with E-state index in [4.69, 9.17) is 17.3 Å². The van der Waals surface area contributed by atoms with E-state index >= 15 is 0 Å². The lowest BCUT2D eigenvalue weighted by Crippen LogP contribution is -2.28. The zero-order chi connectivity index (χ0) is 12.8. The van der Waals surface area contributed by atoms with Gasteiger partial charge in [-0.3, -0.25) is 0 Å². The predicted octanol–water partition coefficient (Wildman–Crippen LogP) is 3.61. The number of nitrogens with two attached hydrogens (primary N) is 1. The molecule has 100 valence electrons. The molecule has 18 heavy (non-hydrogen) atoms. The van der Waals surface area contributed by atoms with Crippen LogP contribution in [0.5, 0.6) is 0 Å². The summed E-state index contributed by atoms with van der Waals surface area (Å²) < 4.78 is 0. The molecule has 0 radical (unpaired) electrons. The second kappa shape index (κ2) is 7.13. The minimum Gasteiger partial charge on any atom is -0.324 e. The highest BCUT2D eigenvalue weighted by atomic mass is 35.5. The molecule has 0 saturated carbocycles. The van der Waals surface area contributed by atoms with E-state index in [2.05, 4.69) is 4.90 Å². The van der Waals surface area contributed by atoms with E-state index in [1.54, 1.807) is 0 Å². The van der Waals surface area contributed by atoms with Crippen molar-refractivity contribution in [2.45, 2.75) is 38.1 Å². The Balaban J connectivity index is 1.84. The second-order valence-corrected chi connectivity index (χ2v) is 5.58. The molecule has 1 heterocycles. The van der Waals surface area contributed by atoms with Crippen molar-refractivity contribution in [3.63, 3.8) is 0 Å². The average Bonchev–Trinajstić information content (AvgIpc) is 2.65. The van der Waals surface area contributed by atoms with Crippen LogP contribution in [-0.4, -0.2) is 24.5 Å². The van der Waals surface area contributed by atoms with Gasteiger partial charge in [0.2, 0.25) is 0 Å². The van der Waals surface area contributed by atoms with Crippen molar-refractivity contribution < 1.29 is 0 Å². The normalized spacial score (nSPS) is 19.4. The van der Waals surface area contributed by atoms with E-state index in [0.717, 1.165) is 23.6 Å². The SMILES string of the molecule is NC(CCN1CCCCCC1)c1ccccc1Cl. The number of hydrogen-bond donors (Lipinski definition) is 1. The molecular weight excluding hydrogens is 244 g/mol. The van der Waals surface area contributed by atoms with E-state index in [-0.39, 0.29) is 6.04 Å². The highest BCUT2D eigenvalue weighted by molar-refractivity contribution is 6.31. The first-order chi connectivity index (χ1) is 8.77. The van der Waals surface area contributed by atoms with Crippen molar-refractivity contribution in [1.82, 2.24) is 4.90 Å². The van der Waals surface area contributed by atoms with E-state index < -0.39 is 0 Å². The molecule has 1 aliphatic heterocycles. The Kier molecular flexibility index (Phi) is 5.48. The fraction of sp³-hybridized carbons (Fsp3) is 0.600. The fourth-order valence-electron chi connectivity index (χ4n) is 2.61. The van der Waals surface area contributed by atoms with Gasteiger partial charge in [-0.1, -0.05) is 42.6 Å². The number of benzene rings is 1. The number of halogens is 1. The molecule has 1 aromatic rings. The zero-order valence-electron chi connectivity index (χ0n) is 10.9. The molecule has 1 aromatic carbocycles. The molecule has 0 spiro atoms. The topological polar surface area (TPSA) is 29.3 Å². The molecule has 3 heteroatoms. The fourth-order valence-corrected chi connectivity index (χ4v) is 2.89. The highest BCUT2D eigenvalue weighted by Gasteiger charge is 2.13. The summed E-state index contributed by atoms with van der Waals surface area (Å²) in [6, 6.07) is 7.97. The van der Waals surface area contributed by atoms with Crippen LogP contribution >= 0.6 is 11.6 Å². The average molecular weight is 267 g/mol. The number of hydrogen-bond acceptors (Lipinski definition) is 2. The Morgan fingerprint density at radius 3 is 2.44 bits per heavy atom. The van der Waals surface area contributed by atoms with E-state index in [1.807, 2.05) is 24.3 Å². The summed E-state index contributed by atoms with van der Waals surface area (Å²) in [6.07, 6.45) is 6.42. The largest absolute Gasteiger partial charge is 0.324 e. The Bertz CT molecular complexity index is 359. The van der Waals surface area contributed by atoms with Gasteiger partial charge < -0.3 is 10.6 Å². The van der Waals surface area contributed by atoms with Crippen LogP contribution < -0.4 is 5.73 Å². The Labute approximate surface area is 115 Å². The predicted molar refractivity (Wildman–Crippen MR) is 77.9 cm³/mol. The van der Waals surface area contributed by atoms with Crippen molar-refractivity contribution in [1.29, 1.82) is 0 Å². The van der Waals surface area contributed by atoms with Crippen LogP contribution in [0, 0.1) is 0 Å². The Morgan fingerprint density at radius 1 is 1.11 bits per heavy atom. The van der Waals surface area contributed by atoms with Gasteiger partial charge in [0.1, 0.15) is 0 Å². The molecule has 2 N–H and O–H groups in total. The lowest BCUT2D eigenvalue weighted by molar-refractivity contribution is 0.273. The third-order valence-corrected chi connectivity index (χ3v) is 4.10. The zero-order valence-corrected chi connectivity index (χ0v) is 11.7. The minimum absolute atomic E-state index is 0.0574. The van der Waals surface area contributed by atoms with Gasteiger partial charge in [-0.15, -0.1) is 0 Å². The Morgan fingerprint density at radius 2 is 1.78 bits per heavy atom. The molecule has 0 aromatic heterocycles. The quantitative estimate of drug-likeness (QED) is 0.902. The highest BCUT2D eigenvalue weighted by Crippen LogP contribution is 2.23. The molecule has 1 aliphatic rings. The molecule has 2 nitrogen and oxygen atoms in total. The standard InChI is InChI=1S/C15H23ClN2/c16-14-8-4-3-7-13(14)15(17)9-12-18-10-5-1-2-6-11-18/h3-4,7-8,15H,1-2,5-6,9-12,17H2. The van der Waals surface area contributed by atoms with E-state index in [0.29, 0.717) is 0 Å². The summed E-state index contributed by atoms with van der Waals surface area (Å²) in [6.45, 7) is 3.55. The van der Waals surface area contributed by atoms with Gasteiger partial charge in [0.25, 0.3) is 0 Å². The van der Waals surface area contributed by atoms with Gasteiger partial charge in [-0.05, 0) is 50.5 Å². The molecule has 1 unspecified atom stereocenters. The summed E-state index contributed by atoms with van der Waals surface area (Å²) >= 11 is 6.17. The summed E-state index contributed by atoms with van der Waals surface area (Å²) in [5, 5.41) is 0.792. The van der Waals surface area contributed by atoms with E-state index in [9.17, 15) is 0 Å². The first kappa shape index (κ1) is 13.9. The molecule has 0 aliphatic carbocycles.